The average molecular weight is 540 g/mol. The van der Waals surface area contributed by atoms with Crippen LogP contribution in [0.3, 0.4) is 0 Å². The van der Waals surface area contributed by atoms with Crippen LogP contribution in [0.4, 0.5) is 0 Å². The Hall–Kier alpha value is -4.88. The van der Waals surface area contributed by atoms with Crippen LogP contribution in [-0.2, 0) is 5.41 Å². The predicted octanol–water partition coefficient (Wildman–Crippen LogP) is 11.5. The highest BCUT2D eigenvalue weighted by molar-refractivity contribution is 6.25. The van der Waals surface area contributed by atoms with Crippen LogP contribution in [0.1, 0.15) is 31.9 Å². The molecule has 1 heterocycles. The SMILES string of the molecule is Cc1ccc(-n2c3ccccc3c3cc(-c4ccc5c6ccccc6c6ccccc6c5c4)ccc32)cc1C(C)(C)C. The van der Waals surface area contributed by atoms with E-state index in [1.165, 1.54) is 82.1 Å². The first-order valence-electron chi connectivity index (χ1n) is 14.9. The van der Waals surface area contributed by atoms with Crippen LogP contribution in [0, 0.1) is 6.92 Å². The molecule has 0 aliphatic carbocycles. The van der Waals surface area contributed by atoms with E-state index in [2.05, 4.69) is 160 Å². The van der Waals surface area contributed by atoms with E-state index < -0.39 is 0 Å². The number of hydrogen-bond donors (Lipinski definition) is 0. The van der Waals surface area contributed by atoms with Crippen molar-refractivity contribution in [3.05, 3.63) is 139 Å². The fourth-order valence-electron chi connectivity index (χ4n) is 7.07. The van der Waals surface area contributed by atoms with Crippen molar-refractivity contribution in [2.75, 3.05) is 0 Å². The van der Waals surface area contributed by atoms with Gasteiger partial charge in [-0.1, -0.05) is 112 Å². The van der Waals surface area contributed by atoms with Crippen LogP contribution in [0.15, 0.2) is 127 Å². The summed E-state index contributed by atoms with van der Waals surface area (Å²) >= 11 is 0. The van der Waals surface area contributed by atoms with E-state index in [1.54, 1.807) is 0 Å². The molecule has 0 atom stereocenters. The van der Waals surface area contributed by atoms with E-state index >= 15 is 0 Å². The molecule has 0 fully saturated rings. The number of aryl methyl sites for hydroxylation is 1. The number of benzene rings is 7. The summed E-state index contributed by atoms with van der Waals surface area (Å²) in [6, 6.07) is 47.3. The second-order valence-electron chi connectivity index (χ2n) is 12.7. The van der Waals surface area contributed by atoms with Crippen molar-refractivity contribution in [3.63, 3.8) is 0 Å². The van der Waals surface area contributed by atoms with Gasteiger partial charge in [-0.3, -0.25) is 0 Å². The first-order valence-corrected chi connectivity index (χ1v) is 14.9. The van der Waals surface area contributed by atoms with E-state index in [4.69, 9.17) is 0 Å². The number of rotatable bonds is 2. The Kier molecular flexibility index (Phi) is 5.37. The lowest BCUT2D eigenvalue weighted by Crippen LogP contribution is -2.13. The molecule has 0 radical (unpaired) electrons. The summed E-state index contributed by atoms with van der Waals surface area (Å²) in [4.78, 5) is 0. The maximum atomic E-state index is 2.43. The second-order valence-corrected chi connectivity index (χ2v) is 12.7. The lowest BCUT2D eigenvalue weighted by atomic mass is 9.84. The van der Waals surface area contributed by atoms with Crippen LogP contribution in [0.2, 0.25) is 0 Å². The van der Waals surface area contributed by atoms with E-state index in [1.807, 2.05) is 0 Å². The summed E-state index contributed by atoms with van der Waals surface area (Å²) in [5.74, 6) is 0. The summed E-state index contributed by atoms with van der Waals surface area (Å²) in [5, 5.41) is 10.4. The fourth-order valence-corrected chi connectivity index (χ4v) is 7.07. The van der Waals surface area contributed by atoms with Crippen LogP contribution in [-0.4, -0.2) is 4.57 Å². The van der Waals surface area contributed by atoms with E-state index in [9.17, 15) is 0 Å². The molecular weight excluding hydrogens is 506 g/mol. The Morgan fingerprint density at radius 2 is 0.929 bits per heavy atom. The minimum absolute atomic E-state index is 0.0810. The second kappa shape index (κ2) is 9.06. The minimum atomic E-state index is 0.0810. The molecule has 1 aromatic heterocycles. The molecule has 0 aliphatic rings. The van der Waals surface area contributed by atoms with Crippen molar-refractivity contribution in [3.8, 4) is 16.8 Å². The van der Waals surface area contributed by atoms with Gasteiger partial charge >= 0.3 is 0 Å². The third kappa shape index (κ3) is 3.70. The normalized spacial score (nSPS) is 12.3. The van der Waals surface area contributed by atoms with E-state index in [0.717, 1.165) is 0 Å². The largest absolute Gasteiger partial charge is 0.309 e. The molecule has 1 heteroatoms. The van der Waals surface area contributed by atoms with Crippen LogP contribution >= 0.6 is 0 Å². The van der Waals surface area contributed by atoms with Crippen molar-refractivity contribution >= 4 is 54.1 Å². The fraction of sp³-hybridized carbons (Fsp3) is 0.122. The zero-order valence-corrected chi connectivity index (χ0v) is 24.6. The van der Waals surface area contributed by atoms with Gasteiger partial charge in [0.15, 0.2) is 0 Å². The Bertz CT molecular complexity index is 2310. The molecule has 42 heavy (non-hydrogen) atoms. The zero-order valence-electron chi connectivity index (χ0n) is 24.6. The molecule has 8 rings (SSSR count). The Morgan fingerprint density at radius 1 is 0.429 bits per heavy atom. The Morgan fingerprint density at radius 3 is 1.57 bits per heavy atom. The van der Waals surface area contributed by atoms with Crippen LogP contribution in [0.25, 0.3) is 70.9 Å². The standard InChI is InChI=1S/C41H33N/c1-26-17-20-29(25-38(26)41(2,3)4)42-39-16-10-9-15-35(39)37-24-28(19-22-40(37)42)27-18-21-34-32-13-6-5-11-30(32)31-12-7-8-14-33(31)36(34)23-27/h5-25H,1-4H3. The molecule has 7 aromatic carbocycles. The summed E-state index contributed by atoms with van der Waals surface area (Å²) in [6.07, 6.45) is 0. The Balaban J connectivity index is 1.36. The third-order valence-electron chi connectivity index (χ3n) is 9.04. The molecule has 0 spiro atoms. The van der Waals surface area contributed by atoms with Gasteiger partial charge in [0, 0.05) is 16.5 Å². The molecule has 0 unspecified atom stereocenters. The van der Waals surface area contributed by atoms with Gasteiger partial charge in [-0.15, -0.1) is 0 Å². The van der Waals surface area contributed by atoms with E-state index in [0.29, 0.717) is 0 Å². The highest BCUT2D eigenvalue weighted by Crippen LogP contribution is 2.39. The molecule has 0 bridgehead atoms. The van der Waals surface area contributed by atoms with Gasteiger partial charge in [-0.2, -0.15) is 0 Å². The molecule has 1 nitrogen and oxygen atoms in total. The molecule has 0 saturated heterocycles. The van der Waals surface area contributed by atoms with Gasteiger partial charge < -0.3 is 4.57 Å². The number of hydrogen-bond acceptors (Lipinski definition) is 0. The maximum absolute atomic E-state index is 2.43. The van der Waals surface area contributed by atoms with Gasteiger partial charge in [-0.05, 0) is 103 Å². The quantitative estimate of drug-likeness (QED) is 0.193. The van der Waals surface area contributed by atoms with Crippen LogP contribution < -0.4 is 0 Å². The summed E-state index contributed by atoms with van der Waals surface area (Å²) in [7, 11) is 0. The van der Waals surface area contributed by atoms with Gasteiger partial charge in [0.2, 0.25) is 0 Å². The van der Waals surface area contributed by atoms with E-state index in [-0.39, 0.29) is 5.41 Å². The molecule has 0 aliphatic heterocycles. The van der Waals surface area contributed by atoms with Crippen molar-refractivity contribution in [2.24, 2.45) is 0 Å². The lowest BCUT2D eigenvalue weighted by molar-refractivity contribution is 0.586. The first-order chi connectivity index (χ1) is 20.4. The van der Waals surface area contributed by atoms with Gasteiger partial charge in [0.25, 0.3) is 0 Å². The molecule has 0 saturated carbocycles. The molecule has 0 amide bonds. The lowest BCUT2D eigenvalue weighted by Gasteiger charge is -2.23. The molecule has 0 N–H and O–H groups in total. The number of aromatic nitrogens is 1. The summed E-state index contributed by atoms with van der Waals surface area (Å²) in [6.45, 7) is 9.12. The highest BCUT2D eigenvalue weighted by Gasteiger charge is 2.19. The van der Waals surface area contributed by atoms with Crippen molar-refractivity contribution in [1.29, 1.82) is 0 Å². The third-order valence-corrected chi connectivity index (χ3v) is 9.04. The highest BCUT2D eigenvalue weighted by atomic mass is 15.0. The van der Waals surface area contributed by atoms with Crippen molar-refractivity contribution < 1.29 is 0 Å². The van der Waals surface area contributed by atoms with Crippen LogP contribution in [0.5, 0.6) is 0 Å². The van der Waals surface area contributed by atoms with Gasteiger partial charge in [0.1, 0.15) is 0 Å². The molecular formula is C41H33N. The number of fused-ring (bicyclic) bond motifs is 9. The molecule has 202 valence electrons. The van der Waals surface area contributed by atoms with Crippen molar-refractivity contribution in [2.45, 2.75) is 33.1 Å². The summed E-state index contributed by atoms with van der Waals surface area (Å²) < 4.78 is 2.43. The minimum Gasteiger partial charge on any atom is -0.309 e. The van der Waals surface area contributed by atoms with Crippen molar-refractivity contribution in [1.82, 2.24) is 4.57 Å². The molecule has 8 aromatic rings. The number of para-hydroxylation sites is 1. The zero-order chi connectivity index (χ0) is 28.6. The van der Waals surface area contributed by atoms with Gasteiger partial charge in [0.05, 0.1) is 11.0 Å². The smallest absolute Gasteiger partial charge is 0.0541 e. The number of nitrogens with zero attached hydrogens (tertiary/aromatic N) is 1. The topological polar surface area (TPSA) is 4.93 Å². The predicted molar refractivity (Wildman–Crippen MR) is 182 cm³/mol. The van der Waals surface area contributed by atoms with Gasteiger partial charge in [-0.25, -0.2) is 0 Å². The first kappa shape index (κ1) is 24.9. The summed E-state index contributed by atoms with van der Waals surface area (Å²) in [5.41, 5.74) is 8.98. The monoisotopic (exact) mass is 539 g/mol. The average Bonchev–Trinajstić information content (AvgIpc) is 3.34. The maximum Gasteiger partial charge on any atom is 0.0541 e. The Labute approximate surface area is 246 Å².